The molecule has 1 aliphatic heterocycles. The smallest absolute Gasteiger partial charge is 0.259 e. The van der Waals surface area contributed by atoms with Gasteiger partial charge in [0.05, 0.1) is 33.0 Å². The van der Waals surface area contributed by atoms with Crippen molar-refractivity contribution in [1.29, 1.82) is 0 Å². The number of hydrogen-bond acceptors (Lipinski definition) is 6. The normalized spacial score (nSPS) is 22.6. The molecule has 0 saturated carbocycles. The van der Waals surface area contributed by atoms with Crippen LogP contribution in [0.2, 0.25) is 0 Å². The SMILES string of the molecule is COc1ccc(N2C(=O)[C@H](O)[C@H](O)[C@@H](OCc3ccccc3)[C@H]2COCc2ccccc2)cc1. The van der Waals surface area contributed by atoms with E-state index in [0.29, 0.717) is 18.0 Å². The van der Waals surface area contributed by atoms with E-state index >= 15 is 0 Å². The molecule has 4 rings (SSSR count). The first-order chi connectivity index (χ1) is 16.6. The van der Waals surface area contributed by atoms with Crippen molar-refractivity contribution < 1.29 is 29.2 Å². The van der Waals surface area contributed by atoms with E-state index in [4.69, 9.17) is 14.2 Å². The fourth-order valence-electron chi connectivity index (χ4n) is 4.09. The lowest BCUT2D eigenvalue weighted by Crippen LogP contribution is -2.66. The molecule has 0 bridgehead atoms. The highest BCUT2D eigenvalue weighted by molar-refractivity contribution is 5.98. The average molecular weight is 464 g/mol. The third kappa shape index (κ3) is 5.46. The highest BCUT2D eigenvalue weighted by atomic mass is 16.5. The van der Waals surface area contributed by atoms with Crippen molar-refractivity contribution in [3.63, 3.8) is 0 Å². The standard InChI is InChI=1S/C27H29NO6/c1-32-22-14-12-21(13-15-22)28-23(18-33-16-19-8-4-2-5-9-19)26(24(29)25(30)27(28)31)34-17-20-10-6-3-7-11-20/h2-15,23-26,29-30H,16-18H2,1H3/t23-,24+,25-,26+/m1/s1. The van der Waals surface area contributed by atoms with E-state index in [9.17, 15) is 15.0 Å². The molecule has 7 heteroatoms. The number of ether oxygens (including phenoxy) is 3. The number of carbonyl (C=O) groups is 1. The predicted molar refractivity (Wildman–Crippen MR) is 127 cm³/mol. The third-order valence-corrected chi connectivity index (χ3v) is 5.90. The molecule has 0 radical (unpaired) electrons. The first kappa shape index (κ1) is 23.9. The molecule has 0 aliphatic carbocycles. The maximum atomic E-state index is 13.1. The van der Waals surface area contributed by atoms with Crippen molar-refractivity contribution in [2.45, 2.75) is 37.6 Å². The van der Waals surface area contributed by atoms with E-state index in [1.54, 1.807) is 31.4 Å². The Bertz CT molecular complexity index is 1040. The molecule has 2 N–H and O–H groups in total. The van der Waals surface area contributed by atoms with Crippen LogP contribution in [-0.2, 0) is 27.5 Å². The van der Waals surface area contributed by atoms with Crippen molar-refractivity contribution in [2.24, 2.45) is 0 Å². The fraction of sp³-hybridized carbons (Fsp3) is 0.296. The van der Waals surface area contributed by atoms with Gasteiger partial charge in [-0.3, -0.25) is 4.79 Å². The molecule has 0 unspecified atom stereocenters. The summed E-state index contributed by atoms with van der Waals surface area (Å²) in [6.45, 7) is 0.664. The molecule has 4 atom stereocenters. The van der Waals surface area contributed by atoms with Crippen molar-refractivity contribution in [2.75, 3.05) is 18.6 Å². The summed E-state index contributed by atoms with van der Waals surface area (Å²) in [4.78, 5) is 14.6. The minimum Gasteiger partial charge on any atom is -0.497 e. The number of amides is 1. The molecule has 34 heavy (non-hydrogen) atoms. The largest absolute Gasteiger partial charge is 0.497 e. The number of aliphatic hydroxyl groups excluding tert-OH is 2. The summed E-state index contributed by atoms with van der Waals surface area (Å²) in [5.41, 5.74) is 2.46. The van der Waals surface area contributed by atoms with Crippen LogP contribution in [0, 0.1) is 0 Å². The van der Waals surface area contributed by atoms with Crippen molar-refractivity contribution in [1.82, 2.24) is 0 Å². The first-order valence-corrected chi connectivity index (χ1v) is 11.2. The van der Waals surface area contributed by atoms with Gasteiger partial charge in [0, 0.05) is 5.69 Å². The third-order valence-electron chi connectivity index (χ3n) is 5.90. The summed E-state index contributed by atoms with van der Waals surface area (Å²) in [7, 11) is 1.56. The molecule has 178 valence electrons. The van der Waals surface area contributed by atoms with E-state index in [0.717, 1.165) is 11.1 Å². The van der Waals surface area contributed by atoms with E-state index in [1.807, 2.05) is 60.7 Å². The lowest BCUT2D eigenvalue weighted by molar-refractivity contribution is -0.159. The number of methoxy groups -OCH3 is 1. The maximum Gasteiger partial charge on any atom is 0.259 e. The predicted octanol–water partition coefficient (Wildman–Crippen LogP) is 2.93. The number of hydrogen-bond donors (Lipinski definition) is 2. The van der Waals surface area contributed by atoms with Crippen LogP contribution in [0.5, 0.6) is 5.75 Å². The van der Waals surface area contributed by atoms with Gasteiger partial charge in [-0.25, -0.2) is 0 Å². The molecule has 7 nitrogen and oxygen atoms in total. The maximum absolute atomic E-state index is 13.1. The van der Waals surface area contributed by atoms with Crippen LogP contribution in [0.4, 0.5) is 5.69 Å². The Morgan fingerprint density at radius 3 is 2.00 bits per heavy atom. The number of carbonyl (C=O) groups excluding carboxylic acids is 1. The van der Waals surface area contributed by atoms with Gasteiger partial charge in [0.15, 0.2) is 6.10 Å². The summed E-state index contributed by atoms with van der Waals surface area (Å²) < 4.78 is 17.3. The average Bonchev–Trinajstić information content (AvgIpc) is 2.89. The van der Waals surface area contributed by atoms with Crippen LogP contribution in [0.15, 0.2) is 84.9 Å². The zero-order chi connectivity index (χ0) is 23.9. The summed E-state index contributed by atoms with van der Waals surface area (Å²) >= 11 is 0. The van der Waals surface area contributed by atoms with Gasteiger partial charge in [-0.1, -0.05) is 60.7 Å². The van der Waals surface area contributed by atoms with E-state index in [1.165, 1.54) is 4.90 Å². The Hall–Kier alpha value is -3.23. The van der Waals surface area contributed by atoms with Crippen molar-refractivity contribution in [3.05, 3.63) is 96.1 Å². The Kier molecular flexibility index (Phi) is 7.92. The second-order valence-corrected chi connectivity index (χ2v) is 8.17. The number of aliphatic hydroxyl groups is 2. The van der Waals surface area contributed by atoms with Crippen LogP contribution in [0.1, 0.15) is 11.1 Å². The quantitative estimate of drug-likeness (QED) is 0.507. The van der Waals surface area contributed by atoms with Crippen molar-refractivity contribution in [3.8, 4) is 5.75 Å². The molecule has 3 aromatic carbocycles. The number of rotatable bonds is 9. The fourth-order valence-corrected chi connectivity index (χ4v) is 4.09. The molecule has 1 aliphatic rings. The monoisotopic (exact) mass is 463 g/mol. The van der Waals surface area contributed by atoms with E-state index in [-0.39, 0.29) is 13.2 Å². The van der Waals surface area contributed by atoms with E-state index < -0.39 is 30.3 Å². The molecule has 1 amide bonds. The summed E-state index contributed by atoms with van der Waals surface area (Å²) in [5, 5.41) is 21.4. The minimum absolute atomic E-state index is 0.107. The van der Waals surface area contributed by atoms with Crippen LogP contribution >= 0.6 is 0 Å². The van der Waals surface area contributed by atoms with Gasteiger partial charge in [0.2, 0.25) is 0 Å². The Morgan fingerprint density at radius 1 is 0.824 bits per heavy atom. The zero-order valence-corrected chi connectivity index (χ0v) is 19.0. The Labute approximate surface area is 199 Å². The van der Waals surface area contributed by atoms with Gasteiger partial charge >= 0.3 is 0 Å². The number of anilines is 1. The number of nitrogens with zero attached hydrogens (tertiary/aromatic N) is 1. The lowest BCUT2D eigenvalue weighted by atomic mass is 9.92. The lowest BCUT2D eigenvalue weighted by Gasteiger charge is -2.45. The van der Waals surface area contributed by atoms with Crippen molar-refractivity contribution >= 4 is 11.6 Å². The van der Waals surface area contributed by atoms with Gasteiger partial charge in [-0.05, 0) is 35.4 Å². The molecule has 0 aromatic heterocycles. The highest BCUT2D eigenvalue weighted by Crippen LogP contribution is 2.31. The van der Waals surface area contributed by atoms with Gasteiger partial charge in [0.25, 0.3) is 5.91 Å². The van der Waals surface area contributed by atoms with Gasteiger partial charge in [-0.15, -0.1) is 0 Å². The Balaban J connectivity index is 1.60. The minimum atomic E-state index is -1.62. The van der Waals surface area contributed by atoms with Crippen LogP contribution < -0.4 is 9.64 Å². The summed E-state index contributed by atoms with van der Waals surface area (Å²) in [5.74, 6) is 0.0353. The first-order valence-electron chi connectivity index (χ1n) is 11.2. The Morgan fingerprint density at radius 2 is 1.41 bits per heavy atom. The molecule has 1 fully saturated rings. The second kappa shape index (κ2) is 11.3. The van der Waals surface area contributed by atoms with Crippen LogP contribution in [-0.4, -0.2) is 54.2 Å². The molecule has 1 heterocycles. The molecule has 1 saturated heterocycles. The highest BCUT2D eigenvalue weighted by Gasteiger charge is 2.49. The molecule has 0 spiro atoms. The van der Waals surface area contributed by atoms with Gasteiger partial charge in [-0.2, -0.15) is 0 Å². The summed E-state index contributed by atoms with van der Waals surface area (Å²) in [6.07, 6.45) is -3.88. The molecule has 3 aromatic rings. The zero-order valence-electron chi connectivity index (χ0n) is 19.0. The number of benzene rings is 3. The van der Waals surface area contributed by atoms with Gasteiger partial charge < -0.3 is 29.3 Å². The van der Waals surface area contributed by atoms with E-state index in [2.05, 4.69) is 0 Å². The van der Waals surface area contributed by atoms with Crippen LogP contribution in [0.3, 0.4) is 0 Å². The molecular formula is C27H29NO6. The second-order valence-electron chi connectivity index (χ2n) is 8.17. The van der Waals surface area contributed by atoms with Gasteiger partial charge in [0.1, 0.15) is 18.0 Å². The summed E-state index contributed by atoms with van der Waals surface area (Å²) in [6, 6.07) is 25.5. The topological polar surface area (TPSA) is 88.5 Å². The molecular weight excluding hydrogens is 434 g/mol. The van der Waals surface area contributed by atoms with Crippen LogP contribution in [0.25, 0.3) is 0 Å². The number of piperidine rings is 1.